The summed E-state index contributed by atoms with van der Waals surface area (Å²) in [5.74, 6) is 0. The molecule has 1 aromatic heterocycles. The molecule has 0 bridgehead atoms. The number of thiophene rings is 1. The second kappa shape index (κ2) is 5.77. The zero-order valence-electron chi connectivity index (χ0n) is 8.11. The van der Waals surface area contributed by atoms with Crippen LogP contribution in [0.15, 0.2) is 20.1 Å². The normalized spacial score (nSPS) is 12.3. The standard InChI is InChI=1S/C8H11Br2NO2S2/c1-2-11(6-5-9)15(12,13)8-4-3-7(10)14-8/h3-4H,2,5-6H2,1H3. The van der Waals surface area contributed by atoms with Crippen LogP contribution in [0.3, 0.4) is 0 Å². The molecule has 7 heteroatoms. The number of alkyl halides is 1. The van der Waals surface area contributed by atoms with E-state index in [9.17, 15) is 8.42 Å². The molecule has 86 valence electrons. The fourth-order valence-electron chi connectivity index (χ4n) is 1.11. The van der Waals surface area contributed by atoms with E-state index in [0.717, 1.165) is 3.79 Å². The van der Waals surface area contributed by atoms with Crippen molar-refractivity contribution in [3.63, 3.8) is 0 Å². The van der Waals surface area contributed by atoms with E-state index in [1.54, 1.807) is 12.1 Å². The van der Waals surface area contributed by atoms with Gasteiger partial charge in [-0.2, -0.15) is 4.31 Å². The van der Waals surface area contributed by atoms with Gasteiger partial charge in [0.1, 0.15) is 4.21 Å². The maximum Gasteiger partial charge on any atom is 0.252 e. The van der Waals surface area contributed by atoms with Crippen molar-refractivity contribution in [1.29, 1.82) is 0 Å². The van der Waals surface area contributed by atoms with Crippen LogP contribution in [-0.4, -0.2) is 31.1 Å². The van der Waals surface area contributed by atoms with E-state index in [-0.39, 0.29) is 0 Å². The minimum atomic E-state index is -3.30. The first kappa shape index (κ1) is 13.6. The lowest BCUT2D eigenvalue weighted by atomic mass is 10.7. The van der Waals surface area contributed by atoms with Crippen LogP contribution in [0.4, 0.5) is 0 Å². The van der Waals surface area contributed by atoms with Crippen molar-refractivity contribution >= 4 is 53.2 Å². The van der Waals surface area contributed by atoms with Crippen LogP contribution < -0.4 is 0 Å². The number of sulfonamides is 1. The third kappa shape index (κ3) is 3.26. The molecule has 0 aliphatic carbocycles. The molecule has 1 aromatic rings. The highest BCUT2D eigenvalue weighted by Crippen LogP contribution is 2.28. The number of hydrogen-bond acceptors (Lipinski definition) is 3. The second-order valence-electron chi connectivity index (χ2n) is 2.74. The van der Waals surface area contributed by atoms with E-state index in [0.29, 0.717) is 22.6 Å². The lowest BCUT2D eigenvalue weighted by Gasteiger charge is -2.17. The van der Waals surface area contributed by atoms with Crippen molar-refractivity contribution < 1.29 is 8.42 Å². The highest BCUT2D eigenvalue weighted by atomic mass is 79.9. The lowest BCUT2D eigenvalue weighted by molar-refractivity contribution is 0.450. The van der Waals surface area contributed by atoms with Crippen LogP contribution in [0.5, 0.6) is 0 Å². The van der Waals surface area contributed by atoms with Crippen LogP contribution in [0.1, 0.15) is 6.92 Å². The Bertz CT molecular complexity index is 416. The summed E-state index contributed by atoms with van der Waals surface area (Å²) in [5.41, 5.74) is 0. The first-order valence-electron chi connectivity index (χ1n) is 4.33. The van der Waals surface area contributed by atoms with E-state index in [1.165, 1.54) is 15.6 Å². The molecule has 0 unspecified atom stereocenters. The van der Waals surface area contributed by atoms with Crippen LogP contribution in [0.25, 0.3) is 0 Å². The van der Waals surface area contributed by atoms with E-state index in [2.05, 4.69) is 31.9 Å². The summed E-state index contributed by atoms with van der Waals surface area (Å²) in [6.45, 7) is 2.82. The SMILES string of the molecule is CCN(CCBr)S(=O)(=O)c1ccc(Br)s1. The van der Waals surface area contributed by atoms with E-state index in [1.807, 2.05) is 6.92 Å². The summed E-state index contributed by atoms with van der Waals surface area (Å²) in [6, 6.07) is 3.38. The molecule has 0 spiro atoms. The zero-order valence-corrected chi connectivity index (χ0v) is 12.9. The first-order valence-corrected chi connectivity index (χ1v) is 8.51. The number of nitrogens with zero attached hydrogens (tertiary/aromatic N) is 1. The number of halogens is 2. The zero-order chi connectivity index (χ0) is 11.5. The molecule has 0 saturated heterocycles. The van der Waals surface area contributed by atoms with Gasteiger partial charge in [-0.05, 0) is 28.1 Å². The average Bonchev–Trinajstić information content (AvgIpc) is 2.61. The van der Waals surface area contributed by atoms with E-state index >= 15 is 0 Å². The molecule has 0 N–H and O–H groups in total. The van der Waals surface area contributed by atoms with Crippen molar-refractivity contribution in [1.82, 2.24) is 4.31 Å². The molecule has 0 saturated carbocycles. The Kier molecular flexibility index (Phi) is 5.24. The summed E-state index contributed by atoms with van der Waals surface area (Å²) in [5, 5.41) is 0.645. The van der Waals surface area contributed by atoms with Gasteiger partial charge >= 0.3 is 0 Å². The topological polar surface area (TPSA) is 37.4 Å². The minimum absolute atomic E-state index is 0.386. The van der Waals surface area contributed by atoms with Gasteiger partial charge in [0.25, 0.3) is 10.0 Å². The molecule has 0 aliphatic rings. The Morgan fingerprint density at radius 2 is 2.13 bits per heavy atom. The molecule has 1 heterocycles. The Balaban J connectivity index is 3.00. The molecular weight excluding hydrogens is 366 g/mol. The molecule has 0 aromatic carbocycles. The third-order valence-corrected chi connectivity index (χ3v) is 6.25. The maximum atomic E-state index is 12.1. The first-order chi connectivity index (χ1) is 7.02. The average molecular weight is 377 g/mol. The summed E-state index contributed by atoms with van der Waals surface area (Å²) >= 11 is 7.75. The van der Waals surface area contributed by atoms with Gasteiger partial charge in [0.05, 0.1) is 3.79 Å². The largest absolute Gasteiger partial charge is 0.252 e. The third-order valence-electron chi connectivity index (χ3n) is 1.83. The smallest absolute Gasteiger partial charge is 0.206 e. The molecule has 3 nitrogen and oxygen atoms in total. The fraction of sp³-hybridized carbons (Fsp3) is 0.500. The monoisotopic (exact) mass is 375 g/mol. The highest BCUT2D eigenvalue weighted by Gasteiger charge is 2.23. The summed E-state index contributed by atoms with van der Waals surface area (Å²) in [4.78, 5) is 0. The van der Waals surface area contributed by atoms with Gasteiger partial charge in [-0.1, -0.05) is 22.9 Å². The van der Waals surface area contributed by atoms with Gasteiger partial charge in [0.2, 0.25) is 0 Å². The molecule has 0 fully saturated rings. The maximum absolute atomic E-state index is 12.1. The Labute approximate surface area is 111 Å². The van der Waals surface area contributed by atoms with Crippen molar-refractivity contribution in [2.75, 3.05) is 18.4 Å². The summed E-state index contributed by atoms with van der Waals surface area (Å²) in [6.07, 6.45) is 0. The Morgan fingerprint density at radius 1 is 1.47 bits per heavy atom. The molecular formula is C8H11Br2NO2S2. The predicted octanol–water partition coefficient (Wildman–Crippen LogP) is 2.92. The Morgan fingerprint density at radius 3 is 2.53 bits per heavy atom. The van der Waals surface area contributed by atoms with E-state index < -0.39 is 10.0 Å². The van der Waals surface area contributed by atoms with Crippen LogP contribution >= 0.6 is 43.2 Å². The second-order valence-corrected chi connectivity index (χ2v) is 8.17. The predicted molar refractivity (Wildman–Crippen MR) is 70.2 cm³/mol. The molecule has 15 heavy (non-hydrogen) atoms. The molecule has 0 aliphatic heterocycles. The van der Waals surface area contributed by atoms with Crippen LogP contribution in [0, 0.1) is 0 Å². The van der Waals surface area contributed by atoms with Gasteiger partial charge in [-0.3, -0.25) is 0 Å². The van der Waals surface area contributed by atoms with Gasteiger partial charge in [-0.15, -0.1) is 11.3 Å². The van der Waals surface area contributed by atoms with Gasteiger partial charge in [0, 0.05) is 18.4 Å². The minimum Gasteiger partial charge on any atom is -0.206 e. The molecule has 1 rings (SSSR count). The molecule has 0 atom stereocenters. The molecule has 0 amide bonds. The number of rotatable bonds is 5. The van der Waals surface area contributed by atoms with Crippen molar-refractivity contribution in [2.24, 2.45) is 0 Å². The van der Waals surface area contributed by atoms with Crippen molar-refractivity contribution in [2.45, 2.75) is 11.1 Å². The van der Waals surface area contributed by atoms with Gasteiger partial charge in [-0.25, -0.2) is 8.42 Å². The quantitative estimate of drug-likeness (QED) is 0.741. The van der Waals surface area contributed by atoms with Crippen LogP contribution in [-0.2, 0) is 10.0 Å². The van der Waals surface area contributed by atoms with E-state index in [4.69, 9.17) is 0 Å². The fourth-order valence-corrected chi connectivity index (χ4v) is 5.38. The Hall–Kier alpha value is 0.570. The lowest BCUT2D eigenvalue weighted by Crippen LogP contribution is -2.31. The molecule has 0 radical (unpaired) electrons. The highest BCUT2D eigenvalue weighted by molar-refractivity contribution is 9.11. The number of hydrogen-bond donors (Lipinski definition) is 0. The van der Waals surface area contributed by atoms with Crippen molar-refractivity contribution in [3.8, 4) is 0 Å². The van der Waals surface area contributed by atoms with Crippen molar-refractivity contribution in [3.05, 3.63) is 15.9 Å². The van der Waals surface area contributed by atoms with Crippen LogP contribution in [0.2, 0.25) is 0 Å². The van der Waals surface area contributed by atoms with Gasteiger partial charge in [0.15, 0.2) is 0 Å². The summed E-state index contributed by atoms with van der Waals surface area (Å²) in [7, 11) is -3.30. The summed E-state index contributed by atoms with van der Waals surface area (Å²) < 4.78 is 26.8. The van der Waals surface area contributed by atoms with Gasteiger partial charge < -0.3 is 0 Å².